The Morgan fingerprint density at radius 1 is 1.59 bits per heavy atom. The first-order chi connectivity index (χ1) is 7.97. The molecule has 1 rings (SSSR count). The van der Waals surface area contributed by atoms with Gasteiger partial charge in [-0.3, -0.25) is 4.79 Å². The maximum absolute atomic E-state index is 11.9. The van der Waals surface area contributed by atoms with Crippen molar-refractivity contribution in [3.8, 4) is 0 Å². The number of hydrogen-bond donors (Lipinski definition) is 3. The Morgan fingerprint density at radius 2 is 2.29 bits per heavy atom. The minimum atomic E-state index is -1.01. The lowest BCUT2D eigenvalue weighted by Crippen LogP contribution is -2.48. The van der Waals surface area contributed by atoms with Crippen molar-refractivity contribution in [1.82, 2.24) is 5.32 Å². The van der Waals surface area contributed by atoms with E-state index in [0.29, 0.717) is 6.54 Å². The van der Waals surface area contributed by atoms with Crippen molar-refractivity contribution in [2.75, 3.05) is 19.8 Å². The van der Waals surface area contributed by atoms with Gasteiger partial charge >= 0.3 is 5.97 Å². The molecule has 1 aliphatic rings. The lowest BCUT2D eigenvalue weighted by molar-refractivity contribution is -0.142. The predicted molar refractivity (Wildman–Crippen MR) is 61.4 cm³/mol. The van der Waals surface area contributed by atoms with Gasteiger partial charge in [0, 0.05) is 12.6 Å². The number of hydrogen-bond acceptors (Lipinski definition) is 4. The van der Waals surface area contributed by atoms with Crippen LogP contribution in [0, 0.1) is 5.41 Å². The highest BCUT2D eigenvalue weighted by Crippen LogP contribution is 2.36. The topological polar surface area (TPSA) is 102 Å². The maximum atomic E-state index is 11.9. The van der Waals surface area contributed by atoms with Crippen LogP contribution in [0.2, 0.25) is 0 Å². The molecule has 0 radical (unpaired) electrons. The van der Waals surface area contributed by atoms with Crippen molar-refractivity contribution < 1.29 is 19.4 Å². The highest BCUT2D eigenvalue weighted by atomic mass is 16.5. The number of nitrogens with one attached hydrogen (secondary N) is 1. The van der Waals surface area contributed by atoms with Crippen LogP contribution in [-0.2, 0) is 14.3 Å². The zero-order chi connectivity index (χ0) is 12.9. The van der Waals surface area contributed by atoms with E-state index in [9.17, 15) is 9.59 Å². The largest absolute Gasteiger partial charge is 0.480 e. The van der Waals surface area contributed by atoms with Crippen molar-refractivity contribution >= 4 is 11.9 Å². The highest BCUT2D eigenvalue weighted by Gasteiger charge is 2.42. The molecule has 0 aromatic rings. The molecule has 0 heterocycles. The lowest BCUT2D eigenvalue weighted by atomic mass is 9.84. The van der Waals surface area contributed by atoms with Gasteiger partial charge in [-0.05, 0) is 19.8 Å². The Kier molecular flexibility index (Phi) is 4.89. The molecule has 98 valence electrons. The average molecular weight is 244 g/mol. The summed E-state index contributed by atoms with van der Waals surface area (Å²) in [6.45, 7) is 2.04. The predicted octanol–water partition coefficient (Wildman–Crippen LogP) is -0.279. The minimum Gasteiger partial charge on any atom is -0.480 e. The van der Waals surface area contributed by atoms with E-state index in [-0.39, 0.29) is 25.2 Å². The molecule has 6 nitrogen and oxygen atoms in total. The summed E-state index contributed by atoms with van der Waals surface area (Å²) in [6.07, 6.45) is 2.65. The number of carboxylic acids is 1. The third-order valence-corrected chi connectivity index (χ3v) is 3.31. The molecule has 0 bridgehead atoms. The van der Waals surface area contributed by atoms with Gasteiger partial charge in [0.15, 0.2) is 0 Å². The Bertz CT molecular complexity index is 295. The van der Waals surface area contributed by atoms with E-state index in [2.05, 4.69) is 5.32 Å². The Morgan fingerprint density at radius 3 is 2.82 bits per heavy atom. The second-order valence-corrected chi connectivity index (χ2v) is 4.62. The van der Waals surface area contributed by atoms with Gasteiger partial charge in [0.1, 0.15) is 6.61 Å². The van der Waals surface area contributed by atoms with Gasteiger partial charge in [-0.15, -0.1) is 0 Å². The van der Waals surface area contributed by atoms with Crippen molar-refractivity contribution in [3.05, 3.63) is 0 Å². The van der Waals surface area contributed by atoms with Gasteiger partial charge in [0.05, 0.1) is 12.0 Å². The van der Waals surface area contributed by atoms with E-state index in [0.717, 1.165) is 19.3 Å². The Labute approximate surface area is 101 Å². The molecule has 1 amide bonds. The summed E-state index contributed by atoms with van der Waals surface area (Å²) in [7, 11) is 0. The smallest absolute Gasteiger partial charge is 0.329 e. The molecular formula is C11H20N2O4. The number of aliphatic carboxylic acids is 1. The standard InChI is InChI=1S/C11H20N2O4/c1-11(4-2-3-8(11)12)10(16)13-5-6-17-7-9(14)15/h8H,2-7,12H2,1H3,(H,13,16)(H,14,15). The first-order valence-electron chi connectivity index (χ1n) is 5.80. The first-order valence-corrected chi connectivity index (χ1v) is 5.80. The van der Waals surface area contributed by atoms with E-state index in [1.165, 1.54) is 0 Å². The van der Waals surface area contributed by atoms with Gasteiger partial charge in [-0.25, -0.2) is 4.79 Å². The van der Waals surface area contributed by atoms with Gasteiger partial charge in [-0.1, -0.05) is 6.42 Å². The lowest BCUT2D eigenvalue weighted by Gasteiger charge is -2.27. The van der Waals surface area contributed by atoms with Crippen LogP contribution >= 0.6 is 0 Å². The molecule has 0 saturated heterocycles. The number of rotatable bonds is 6. The molecule has 0 aromatic heterocycles. The summed E-state index contributed by atoms with van der Waals surface area (Å²) in [5.74, 6) is -1.08. The van der Waals surface area contributed by atoms with Crippen molar-refractivity contribution in [3.63, 3.8) is 0 Å². The fourth-order valence-electron chi connectivity index (χ4n) is 2.07. The fourth-order valence-corrected chi connectivity index (χ4v) is 2.07. The van der Waals surface area contributed by atoms with Crippen LogP contribution in [0.3, 0.4) is 0 Å². The van der Waals surface area contributed by atoms with Gasteiger partial charge in [-0.2, -0.15) is 0 Å². The number of ether oxygens (including phenoxy) is 1. The Hall–Kier alpha value is -1.14. The van der Waals surface area contributed by atoms with Crippen LogP contribution in [0.5, 0.6) is 0 Å². The zero-order valence-electron chi connectivity index (χ0n) is 10.1. The van der Waals surface area contributed by atoms with Crippen molar-refractivity contribution in [2.24, 2.45) is 11.1 Å². The van der Waals surface area contributed by atoms with Gasteiger partial charge in [0.2, 0.25) is 5.91 Å². The molecule has 2 unspecified atom stereocenters. The molecule has 1 fully saturated rings. The number of carbonyl (C=O) groups excluding carboxylic acids is 1. The molecule has 6 heteroatoms. The third kappa shape index (κ3) is 3.67. The summed E-state index contributed by atoms with van der Waals surface area (Å²) >= 11 is 0. The summed E-state index contributed by atoms with van der Waals surface area (Å²) in [4.78, 5) is 22.1. The zero-order valence-corrected chi connectivity index (χ0v) is 10.1. The van der Waals surface area contributed by atoms with Crippen LogP contribution in [0.15, 0.2) is 0 Å². The highest BCUT2D eigenvalue weighted by molar-refractivity contribution is 5.83. The molecule has 0 aromatic carbocycles. The van der Waals surface area contributed by atoms with E-state index in [4.69, 9.17) is 15.6 Å². The molecule has 1 saturated carbocycles. The number of carbonyl (C=O) groups is 2. The SMILES string of the molecule is CC1(C(=O)NCCOCC(=O)O)CCCC1N. The van der Waals surface area contributed by atoms with E-state index in [1.807, 2.05) is 6.92 Å². The first kappa shape index (κ1) is 13.9. The fraction of sp³-hybridized carbons (Fsp3) is 0.818. The second-order valence-electron chi connectivity index (χ2n) is 4.62. The van der Waals surface area contributed by atoms with E-state index >= 15 is 0 Å². The van der Waals surface area contributed by atoms with Gasteiger partial charge in [0.25, 0.3) is 0 Å². The average Bonchev–Trinajstić information content (AvgIpc) is 2.59. The van der Waals surface area contributed by atoms with Crippen molar-refractivity contribution in [1.29, 1.82) is 0 Å². The second kappa shape index (κ2) is 5.97. The van der Waals surface area contributed by atoms with Crippen LogP contribution in [0.4, 0.5) is 0 Å². The maximum Gasteiger partial charge on any atom is 0.329 e. The Balaban J connectivity index is 2.23. The molecule has 0 spiro atoms. The number of carboxylic acid groups (broad SMARTS) is 1. The molecule has 1 aliphatic carbocycles. The van der Waals surface area contributed by atoms with E-state index < -0.39 is 11.4 Å². The summed E-state index contributed by atoms with van der Waals surface area (Å²) < 4.78 is 4.82. The molecule has 2 atom stereocenters. The minimum absolute atomic E-state index is 0.0681. The third-order valence-electron chi connectivity index (χ3n) is 3.31. The number of amides is 1. The quantitative estimate of drug-likeness (QED) is 0.558. The summed E-state index contributed by atoms with van der Waals surface area (Å²) in [6, 6.07) is -0.0950. The van der Waals surface area contributed by atoms with Crippen LogP contribution in [0.1, 0.15) is 26.2 Å². The van der Waals surface area contributed by atoms with Crippen LogP contribution in [0.25, 0.3) is 0 Å². The monoisotopic (exact) mass is 244 g/mol. The van der Waals surface area contributed by atoms with Crippen molar-refractivity contribution in [2.45, 2.75) is 32.2 Å². The molecule has 0 aliphatic heterocycles. The summed E-state index contributed by atoms with van der Waals surface area (Å²) in [5, 5.41) is 11.1. The van der Waals surface area contributed by atoms with E-state index in [1.54, 1.807) is 0 Å². The normalized spacial score (nSPS) is 28.0. The van der Waals surface area contributed by atoms with Gasteiger partial charge < -0.3 is 20.9 Å². The van der Waals surface area contributed by atoms with Crippen LogP contribution < -0.4 is 11.1 Å². The molecule has 17 heavy (non-hydrogen) atoms. The summed E-state index contributed by atoms with van der Waals surface area (Å²) in [5.41, 5.74) is 5.42. The van der Waals surface area contributed by atoms with Crippen LogP contribution in [-0.4, -0.2) is 42.8 Å². The number of nitrogens with two attached hydrogens (primary N) is 1. The molecular weight excluding hydrogens is 224 g/mol. The molecule has 4 N–H and O–H groups in total.